The molecule has 22 heavy (non-hydrogen) atoms. The molecule has 1 aliphatic rings. The molecule has 2 N–H and O–H groups in total. The molecular weight excluding hydrogens is 318 g/mol. The minimum atomic E-state index is -0.878. The topological polar surface area (TPSA) is 69.6 Å². The van der Waals surface area contributed by atoms with Crippen LogP contribution in [0, 0.1) is 17.6 Å². The monoisotopic (exact) mass is 334 g/mol. The number of aliphatic carboxylic acids is 1. The van der Waals surface area contributed by atoms with Gasteiger partial charge in [0.1, 0.15) is 11.6 Å². The van der Waals surface area contributed by atoms with Crippen LogP contribution >= 0.6 is 12.4 Å². The summed E-state index contributed by atoms with van der Waals surface area (Å²) in [4.78, 5) is 24.5. The zero-order chi connectivity index (χ0) is 15.4. The molecule has 0 bridgehead atoms. The summed E-state index contributed by atoms with van der Waals surface area (Å²) in [7, 11) is 0. The van der Waals surface area contributed by atoms with Gasteiger partial charge in [0, 0.05) is 12.6 Å². The fourth-order valence-corrected chi connectivity index (χ4v) is 2.39. The minimum Gasteiger partial charge on any atom is -0.481 e. The number of carboxylic acid groups (broad SMARTS) is 1. The number of benzene rings is 1. The molecule has 1 amide bonds. The van der Waals surface area contributed by atoms with Crippen molar-refractivity contribution in [3.8, 4) is 0 Å². The molecule has 2 rings (SSSR count). The van der Waals surface area contributed by atoms with Gasteiger partial charge in [-0.3, -0.25) is 14.5 Å². The van der Waals surface area contributed by atoms with Gasteiger partial charge in [0.05, 0.1) is 18.2 Å². The maximum atomic E-state index is 13.4. The third-order valence-corrected chi connectivity index (χ3v) is 3.42. The highest BCUT2D eigenvalue weighted by Crippen LogP contribution is 2.18. The third kappa shape index (κ3) is 4.92. The molecule has 122 valence electrons. The van der Waals surface area contributed by atoms with Crippen molar-refractivity contribution in [1.29, 1.82) is 0 Å². The molecular formula is C14H17ClF2N2O3. The van der Waals surface area contributed by atoms with Crippen LogP contribution < -0.4 is 5.32 Å². The van der Waals surface area contributed by atoms with Gasteiger partial charge in [-0.25, -0.2) is 8.78 Å². The van der Waals surface area contributed by atoms with Gasteiger partial charge in [-0.05, 0) is 31.5 Å². The normalized spacial score (nSPS) is 18.4. The number of nitrogens with zero attached hydrogens (tertiary/aromatic N) is 1. The maximum Gasteiger partial charge on any atom is 0.307 e. The Labute approximate surface area is 132 Å². The standard InChI is InChI=1S/C14H16F2N2O3.ClH/c15-10-3-4-11(16)12(6-10)17-13(19)8-18-5-1-2-9(7-18)14(20)21;/h3-4,6,9H,1-2,5,7-8H2,(H,17,19)(H,20,21);1H. The second-order valence-electron chi connectivity index (χ2n) is 5.08. The number of carboxylic acids is 1. The predicted octanol–water partition coefficient (Wildman–Crippen LogP) is 2.12. The van der Waals surface area contributed by atoms with E-state index in [2.05, 4.69) is 5.32 Å². The number of carbonyl (C=O) groups is 2. The molecule has 1 saturated heterocycles. The van der Waals surface area contributed by atoms with E-state index in [0.29, 0.717) is 19.4 Å². The van der Waals surface area contributed by atoms with Crippen molar-refractivity contribution < 1.29 is 23.5 Å². The Morgan fingerprint density at radius 2 is 2.09 bits per heavy atom. The van der Waals surface area contributed by atoms with E-state index in [-0.39, 0.29) is 31.2 Å². The zero-order valence-corrected chi connectivity index (χ0v) is 12.5. The van der Waals surface area contributed by atoms with E-state index in [9.17, 15) is 18.4 Å². The first kappa shape index (κ1) is 18.3. The van der Waals surface area contributed by atoms with Crippen molar-refractivity contribution in [3.63, 3.8) is 0 Å². The van der Waals surface area contributed by atoms with Crippen LogP contribution in [0.1, 0.15) is 12.8 Å². The van der Waals surface area contributed by atoms with Crippen LogP contribution in [0.4, 0.5) is 14.5 Å². The first-order valence-electron chi connectivity index (χ1n) is 6.66. The lowest BCUT2D eigenvalue weighted by Gasteiger charge is -2.29. The molecule has 0 aromatic heterocycles. The quantitative estimate of drug-likeness (QED) is 0.885. The average molecular weight is 335 g/mol. The summed E-state index contributed by atoms with van der Waals surface area (Å²) >= 11 is 0. The van der Waals surface area contributed by atoms with Crippen molar-refractivity contribution in [2.24, 2.45) is 5.92 Å². The SMILES string of the molecule is Cl.O=C(CN1CCCC(C(=O)O)C1)Nc1cc(F)ccc1F. The van der Waals surface area contributed by atoms with E-state index >= 15 is 0 Å². The Morgan fingerprint density at radius 3 is 2.77 bits per heavy atom. The summed E-state index contributed by atoms with van der Waals surface area (Å²) in [5.74, 6) is -3.22. The number of hydrogen-bond acceptors (Lipinski definition) is 3. The first-order chi connectivity index (χ1) is 9.95. The van der Waals surface area contributed by atoms with Crippen molar-refractivity contribution in [2.45, 2.75) is 12.8 Å². The largest absolute Gasteiger partial charge is 0.481 e. The van der Waals surface area contributed by atoms with Gasteiger partial charge in [0.2, 0.25) is 5.91 Å². The molecule has 1 aliphatic heterocycles. The number of piperidine rings is 1. The lowest BCUT2D eigenvalue weighted by Crippen LogP contribution is -2.42. The summed E-state index contributed by atoms with van der Waals surface area (Å²) in [6.45, 7) is 0.858. The van der Waals surface area contributed by atoms with E-state index in [1.807, 2.05) is 0 Å². The smallest absolute Gasteiger partial charge is 0.307 e. The summed E-state index contributed by atoms with van der Waals surface area (Å²) in [6.07, 6.45) is 1.28. The van der Waals surface area contributed by atoms with Crippen LogP contribution in [0.25, 0.3) is 0 Å². The number of hydrogen-bond donors (Lipinski definition) is 2. The Hall–Kier alpha value is -1.73. The van der Waals surface area contributed by atoms with Gasteiger partial charge in [0.25, 0.3) is 0 Å². The molecule has 1 fully saturated rings. The van der Waals surface area contributed by atoms with E-state index in [0.717, 1.165) is 18.2 Å². The second kappa shape index (κ2) is 8.05. The number of rotatable bonds is 4. The summed E-state index contributed by atoms with van der Waals surface area (Å²) < 4.78 is 26.4. The summed E-state index contributed by atoms with van der Waals surface area (Å²) in [5, 5.41) is 11.3. The Kier molecular flexibility index (Phi) is 6.70. The molecule has 0 aliphatic carbocycles. The molecule has 0 spiro atoms. The summed E-state index contributed by atoms with van der Waals surface area (Å²) in [6, 6.07) is 2.81. The molecule has 5 nitrogen and oxygen atoms in total. The third-order valence-electron chi connectivity index (χ3n) is 3.42. The molecule has 8 heteroatoms. The van der Waals surface area contributed by atoms with Crippen LogP contribution in [-0.2, 0) is 9.59 Å². The fourth-order valence-electron chi connectivity index (χ4n) is 2.39. The average Bonchev–Trinajstić information content (AvgIpc) is 2.43. The number of anilines is 1. The first-order valence-corrected chi connectivity index (χ1v) is 6.66. The van der Waals surface area contributed by atoms with Gasteiger partial charge >= 0.3 is 5.97 Å². The van der Waals surface area contributed by atoms with Gasteiger partial charge in [-0.15, -0.1) is 12.4 Å². The van der Waals surface area contributed by atoms with Crippen LogP contribution in [0.2, 0.25) is 0 Å². The number of likely N-dealkylation sites (tertiary alicyclic amines) is 1. The number of amides is 1. The number of carbonyl (C=O) groups excluding carboxylic acids is 1. The predicted molar refractivity (Wildman–Crippen MR) is 79.0 cm³/mol. The Morgan fingerprint density at radius 1 is 1.36 bits per heavy atom. The van der Waals surface area contributed by atoms with Crippen molar-refractivity contribution in [1.82, 2.24) is 4.90 Å². The van der Waals surface area contributed by atoms with E-state index < -0.39 is 29.4 Å². The maximum absolute atomic E-state index is 13.4. The highest BCUT2D eigenvalue weighted by atomic mass is 35.5. The lowest BCUT2D eigenvalue weighted by atomic mass is 9.98. The number of nitrogens with one attached hydrogen (secondary N) is 1. The second-order valence-corrected chi connectivity index (χ2v) is 5.08. The van der Waals surface area contributed by atoms with Gasteiger partial charge in [-0.1, -0.05) is 0 Å². The van der Waals surface area contributed by atoms with Crippen LogP contribution in [0.15, 0.2) is 18.2 Å². The van der Waals surface area contributed by atoms with Gasteiger partial charge in [0.15, 0.2) is 0 Å². The molecule has 1 aromatic carbocycles. The van der Waals surface area contributed by atoms with Crippen LogP contribution in [0.5, 0.6) is 0 Å². The molecule has 1 unspecified atom stereocenters. The molecule has 1 atom stereocenters. The minimum absolute atomic E-state index is 0. The highest BCUT2D eigenvalue weighted by Gasteiger charge is 2.26. The fraction of sp³-hybridized carbons (Fsp3) is 0.429. The summed E-state index contributed by atoms with van der Waals surface area (Å²) in [5.41, 5.74) is -0.216. The number of halogens is 3. The van der Waals surface area contributed by atoms with Crippen molar-refractivity contribution >= 4 is 30.0 Å². The van der Waals surface area contributed by atoms with Gasteiger partial charge < -0.3 is 10.4 Å². The van der Waals surface area contributed by atoms with Crippen LogP contribution in [0.3, 0.4) is 0 Å². The van der Waals surface area contributed by atoms with E-state index in [4.69, 9.17) is 5.11 Å². The van der Waals surface area contributed by atoms with E-state index in [1.54, 1.807) is 4.90 Å². The molecule has 0 saturated carbocycles. The van der Waals surface area contributed by atoms with Crippen LogP contribution in [-0.4, -0.2) is 41.5 Å². The molecule has 1 heterocycles. The molecule has 1 aromatic rings. The lowest BCUT2D eigenvalue weighted by molar-refractivity contribution is -0.144. The Bertz CT molecular complexity index is 557. The zero-order valence-electron chi connectivity index (χ0n) is 11.7. The van der Waals surface area contributed by atoms with E-state index in [1.165, 1.54) is 0 Å². The highest BCUT2D eigenvalue weighted by molar-refractivity contribution is 5.92. The van der Waals surface area contributed by atoms with Gasteiger partial charge in [-0.2, -0.15) is 0 Å². The van der Waals surface area contributed by atoms with Crippen molar-refractivity contribution in [2.75, 3.05) is 25.0 Å². The van der Waals surface area contributed by atoms with Crippen molar-refractivity contribution in [3.05, 3.63) is 29.8 Å². The molecule has 0 radical (unpaired) electrons. The Balaban J connectivity index is 0.00000242.